The van der Waals surface area contributed by atoms with E-state index in [1.807, 2.05) is 128 Å². The van der Waals surface area contributed by atoms with E-state index in [9.17, 15) is 9.59 Å². The number of rotatable bonds is 10. The molecule has 194 valence electrons. The van der Waals surface area contributed by atoms with Gasteiger partial charge >= 0.3 is 0 Å². The number of amides is 2. The molecule has 0 saturated heterocycles. The highest BCUT2D eigenvalue weighted by atomic mass is 16.5. The molecule has 0 aromatic heterocycles. The summed E-state index contributed by atoms with van der Waals surface area (Å²) >= 11 is 0. The maximum Gasteiger partial charge on any atom is 0.251 e. The van der Waals surface area contributed by atoms with Gasteiger partial charge in [0.05, 0.1) is 13.5 Å². The average Bonchev–Trinajstić information content (AvgIpc) is 2.94. The first-order valence-electron chi connectivity index (χ1n) is 12.5. The second kappa shape index (κ2) is 12.6. The molecule has 4 rings (SSSR count). The summed E-state index contributed by atoms with van der Waals surface area (Å²) in [4.78, 5) is 31.4. The Hall–Kier alpha value is -4.58. The van der Waals surface area contributed by atoms with Crippen molar-refractivity contribution in [2.24, 2.45) is 0 Å². The van der Waals surface area contributed by atoms with E-state index >= 15 is 0 Å². The van der Waals surface area contributed by atoms with Gasteiger partial charge in [-0.2, -0.15) is 0 Å². The second-order valence-electron chi connectivity index (χ2n) is 9.28. The highest BCUT2D eigenvalue weighted by Crippen LogP contribution is 2.28. The summed E-state index contributed by atoms with van der Waals surface area (Å²) in [5, 5.41) is 3.04. The van der Waals surface area contributed by atoms with Crippen molar-refractivity contribution in [1.82, 2.24) is 4.90 Å². The van der Waals surface area contributed by atoms with E-state index in [4.69, 9.17) is 4.74 Å². The molecule has 38 heavy (non-hydrogen) atoms. The number of anilines is 2. The lowest BCUT2D eigenvalue weighted by atomic mass is 10.0. The number of carbonyl (C=O) groups is 2. The third-order valence-electron chi connectivity index (χ3n) is 6.36. The number of ether oxygens (including phenoxy) is 1. The summed E-state index contributed by atoms with van der Waals surface area (Å²) in [7, 11) is 5.53. The predicted octanol–water partition coefficient (Wildman–Crippen LogP) is 5.71. The van der Waals surface area contributed by atoms with Crippen LogP contribution in [0, 0.1) is 0 Å². The molecule has 4 aromatic carbocycles. The lowest BCUT2D eigenvalue weighted by Gasteiger charge is -2.32. The SMILES string of the molecule is COc1ccc(C(C(=O)Nc2ccc(N(C)C)cc2)N(Cc2ccccc2)C(=O)Cc2ccccc2)cc1. The Bertz CT molecular complexity index is 1320. The highest BCUT2D eigenvalue weighted by Gasteiger charge is 2.32. The number of nitrogens with zero attached hydrogens (tertiary/aromatic N) is 2. The van der Waals surface area contributed by atoms with Gasteiger partial charge in [0.25, 0.3) is 5.91 Å². The third-order valence-corrected chi connectivity index (χ3v) is 6.36. The first-order valence-corrected chi connectivity index (χ1v) is 12.5. The fraction of sp³-hybridized carbons (Fsp3) is 0.188. The summed E-state index contributed by atoms with van der Waals surface area (Å²) in [6.07, 6.45) is 0.186. The molecule has 1 atom stereocenters. The topological polar surface area (TPSA) is 61.9 Å². The number of carbonyl (C=O) groups excluding carboxylic acids is 2. The van der Waals surface area contributed by atoms with Crippen molar-refractivity contribution in [3.8, 4) is 5.75 Å². The van der Waals surface area contributed by atoms with Crippen LogP contribution >= 0.6 is 0 Å². The van der Waals surface area contributed by atoms with Crippen molar-refractivity contribution >= 4 is 23.2 Å². The van der Waals surface area contributed by atoms with Gasteiger partial charge < -0.3 is 19.9 Å². The molecule has 0 fully saturated rings. The summed E-state index contributed by atoms with van der Waals surface area (Å²) < 4.78 is 5.33. The Balaban J connectivity index is 1.71. The van der Waals surface area contributed by atoms with E-state index in [-0.39, 0.29) is 24.8 Å². The molecule has 0 aliphatic rings. The van der Waals surface area contributed by atoms with Gasteiger partial charge in [0.15, 0.2) is 0 Å². The summed E-state index contributed by atoms with van der Waals surface area (Å²) in [6.45, 7) is 0.288. The first-order chi connectivity index (χ1) is 18.4. The lowest BCUT2D eigenvalue weighted by Crippen LogP contribution is -2.41. The summed E-state index contributed by atoms with van der Waals surface area (Å²) in [5.74, 6) is 0.251. The van der Waals surface area contributed by atoms with Crippen LogP contribution in [0.2, 0.25) is 0 Å². The van der Waals surface area contributed by atoms with Crippen LogP contribution in [-0.2, 0) is 22.6 Å². The van der Waals surface area contributed by atoms with E-state index in [1.54, 1.807) is 12.0 Å². The molecule has 6 nitrogen and oxygen atoms in total. The minimum atomic E-state index is -0.856. The van der Waals surface area contributed by atoms with Gasteiger partial charge in [0.1, 0.15) is 11.8 Å². The van der Waals surface area contributed by atoms with Gasteiger partial charge in [0.2, 0.25) is 5.91 Å². The number of hydrogen-bond acceptors (Lipinski definition) is 4. The van der Waals surface area contributed by atoms with Gasteiger partial charge in [0, 0.05) is 32.0 Å². The van der Waals surface area contributed by atoms with Gasteiger partial charge in [-0.25, -0.2) is 0 Å². The minimum Gasteiger partial charge on any atom is -0.497 e. The largest absolute Gasteiger partial charge is 0.497 e. The minimum absolute atomic E-state index is 0.140. The Labute approximate surface area is 224 Å². The van der Waals surface area contributed by atoms with Crippen molar-refractivity contribution in [2.45, 2.75) is 19.0 Å². The van der Waals surface area contributed by atoms with E-state index in [1.165, 1.54) is 0 Å². The Kier molecular flexibility index (Phi) is 8.77. The summed E-state index contributed by atoms with van der Waals surface area (Å²) in [6, 6.07) is 33.4. The predicted molar refractivity (Wildman–Crippen MR) is 152 cm³/mol. The lowest BCUT2D eigenvalue weighted by molar-refractivity contribution is -0.139. The molecule has 0 bridgehead atoms. The highest BCUT2D eigenvalue weighted by molar-refractivity contribution is 5.98. The molecule has 0 aliphatic carbocycles. The number of methoxy groups -OCH3 is 1. The van der Waals surface area contributed by atoms with Gasteiger partial charge in [-0.1, -0.05) is 72.8 Å². The molecule has 0 aliphatic heterocycles. The number of benzene rings is 4. The molecule has 0 spiro atoms. The smallest absolute Gasteiger partial charge is 0.251 e. The molecule has 1 unspecified atom stereocenters. The molecule has 6 heteroatoms. The zero-order chi connectivity index (χ0) is 26.9. The molecule has 2 amide bonds. The summed E-state index contributed by atoms with van der Waals surface area (Å²) in [5.41, 5.74) is 4.22. The van der Waals surface area contributed by atoms with E-state index in [0.29, 0.717) is 17.0 Å². The molecular formula is C32H33N3O3. The molecular weight excluding hydrogens is 474 g/mol. The zero-order valence-corrected chi connectivity index (χ0v) is 22.0. The number of hydrogen-bond donors (Lipinski definition) is 1. The fourth-order valence-corrected chi connectivity index (χ4v) is 4.29. The van der Waals surface area contributed by atoms with E-state index in [0.717, 1.165) is 16.8 Å². The molecule has 0 radical (unpaired) electrons. The van der Waals surface area contributed by atoms with Gasteiger partial charge in [-0.3, -0.25) is 9.59 Å². The average molecular weight is 508 g/mol. The van der Waals surface area contributed by atoms with Crippen molar-refractivity contribution in [1.29, 1.82) is 0 Å². The number of nitrogens with one attached hydrogen (secondary N) is 1. The quantitative estimate of drug-likeness (QED) is 0.299. The first kappa shape index (κ1) is 26.5. The van der Waals surface area contributed by atoms with Crippen LogP contribution in [0.5, 0.6) is 5.75 Å². The van der Waals surface area contributed by atoms with Crippen LogP contribution in [0.3, 0.4) is 0 Å². The van der Waals surface area contributed by atoms with Crippen LogP contribution in [0.25, 0.3) is 0 Å². The molecule has 4 aromatic rings. The third kappa shape index (κ3) is 6.79. The van der Waals surface area contributed by atoms with Gasteiger partial charge in [-0.15, -0.1) is 0 Å². The van der Waals surface area contributed by atoms with Crippen LogP contribution in [-0.4, -0.2) is 37.9 Å². The maximum absolute atomic E-state index is 13.9. The normalized spacial score (nSPS) is 11.3. The van der Waals surface area contributed by atoms with E-state index in [2.05, 4.69) is 5.32 Å². The van der Waals surface area contributed by atoms with Crippen molar-refractivity contribution in [2.75, 3.05) is 31.4 Å². The van der Waals surface area contributed by atoms with Crippen molar-refractivity contribution in [3.63, 3.8) is 0 Å². The molecule has 0 heterocycles. The Morgan fingerprint density at radius 1 is 0.763 bits per heavy atom. The van der Waals surface area contributed by atoms with Crippen LogP contribution < -0.4 is 15.0 Å². The van der Waals surface area contributed by atoms with Crippen LogP contribution in [0.1, 0.15) is 22.7 Å². The molecule has 0 saturated carbocycles. The Morgan fingerprint density at radius 2 is 1.34 bits per heavy atom. The Morgan fingerprint density at radius 3 is 1.89 bits per heavy atom. The fourth-order valence-electron chi connectivity index (χ4n) is 4.29. The van der Waals surface area contributed by atoms with Gasteiger partial charge in [-0.05, 0) is 53.1 Å². The van der Waals surface area contributed by atoms with Crippen molar-refractivity contribution < 1.29 is 14.3 Å². The second-order valence-corrected chi connectivity index (χ2v) is 9.28. The molecule has 1 N–H and O–H groups in total. The standard InChI is InChI=1S/C32H33N3O3/c1-34(2)28-18-16-27(17-19-28)33-32(37)31(26-14-20-29(38-3)21-15-26)35(23-25-12-8-5-9-13-25)30(36)22-24-10-6-4-7-11-24/h4-21,31H,22-23H2,1-3H3,(H,33,37). The zero-order valence-electron chi connectivity index (χ0n) is 22.0. The van der Waals surface area contributed by atoms with Crippen molar-refractivity contribution in [3.05, 3.63) is 126 Å². The maximum atomic E-state index is 13.9. The van der Waals surface area contributed by atoms with Crippen LogP contribution in [0.15, 0.2) is 109 Å². The van der Waals surface area contributed by atoms with E-state index < -0.39 is 6.04 Å². The van der Waals surface area contributed by atoms with Crippen LogP contribution in [0.4, 0.5) is 11.4 Å². The monoisotopic (exact) mass is 507 g/mol.